The van der Waals surface area contributed by atoms with Crippen LogP contribution in [-0.4, -0.2) is 44.2 Å². The van der Waals surface area contributed by atoms with E-state index in [9.17, 15) is 25.2 Å². The fourth-order valence-corrected chi connectivity index (χ4v) is 11.2. The van der Waals surface area contributed by atoms with Crippen molar-refractivity contribution in [1.82, 2.24) is 0 Å². The molecular weight excluding hydrogens is 440 g/mol. The first kappa shape index (κ1) is 25.7. The number of carboxylic acid groups (broad SMARTS) is 1. The van der Waals surface area contributed by atoms with Crippen LogP contribution in [0.1, 0.15) is 93.4 Å². The fourth-order valence-electron chi connectivity index (χ4n) is 11.2. The van der Waals surface area contributed by atoms with E-state index in [2.05, 4.69) is 54.5 Å². The van der Waals surface area contributed by atoms with Gasteiger partial charge >= 0.3 is 5.97 Å². The Morgan fingerprint density at radius 3 is 2.23 bits per heavy atom. The van der Waals surface area contributed by atoms with Gasteiger partial charge in [-0.2, -0.15) is 0 Å². The number of carbonyl (C=O) groups is 1. The molecule has 0 saturated heterocycles. The number of rotatable bonds is 1. The molecule has 35 heavy (non-hydrogen) atoms. The first-order chi connectivity index (χ1) is 16.0. The van der Waals surface area contributed by atoms with Gasteiger partial charge in [-0.1, -0.05) is 60.6 Å². The van der Waals surface area contributed by atoms with Crippen LogP contribution < -0.4 is 0 Å². The lowest BCUT2D eigenvalue weighted by Gasteiger charge is -2.74. The molecule has 198 valence electrons. The Morgan fingerprint density at radius 2 is 1.60 bits per heavy atom. The van der Waals surface area contributed by atoms with Crippen molar-refractivity contribution in [2.45, 2.75) is 111 Å². The summed E-state index contributed by atoms with van der Waals surface area (Å²) in [5.74, 6) is -0.145. The van der Waals surface area contributed by atoms with Crippen molar-refractivity contribution >= 4 is 5.97 Å². The molecule has 5 rings (SSSR count). The topological polar surface area (TPSA) is 98.0 Å². The Hall–Kier alpha value is -0.910. The summed E-state index contributed by atoms with van der Waals surface area (Å²) in [5, 5.41) is 45.2. The standard InChI is InChI=1S/C30H48O5/c1-17-8-12-29(24(33)34)15-14-28(7)27(6)11-9-20-25(3,4)23(32)19(31)16-26(20,5)21(27)10-13-30(28,35)22(29)18(17)2/h10,13,17-23,31-32,35H,8-9,11-12,14-16H2,1-7H3,(H,33,34)/t17-,18+,19-,20+,21-,22?,23+,26+,27-,28+,29+,30+/m1/s1. The molecule has 0 bridgehead atoms. The van der Waals surface area contributed by atoms with Gasteiger partial charge in [0.05, 0.1) is 23.2 Å². The molecule has 0 radical (unpaired) electrons. The molecule has 12 atom stereocenters. The number of allylic oxidation sites excluding steroid dienone is 1. The minimum Gasteiger partial charge on any atom is -0.481 e. The van der Waals surface area contributed by atoms with E-state index in [1.165, 1.54) is 0 Å². The Bertz CT molecular complexity index is 943. The van der Waals surface area contributed by atoms with E-state index >= 15 is 0 Å². The van der Waals surface area contributed by atoms with Crippen molar-refractivity contribution in [2.24, 2.45) is 56.7 Å². The third kappa shape index (κ3) is 2.79. The highest BCUT2D eigenvalue weighted by molar-refractivity contribution is 5.76. The van der Waals surface area contributed by atoms with E-state index in [1.54, 1.807) is 0 Å². The van der Waals surface area contributed by atoms with Crippen LogP contribution in [0.3, 0.4) is 0 Å². The van der Waals surface area contributed by atoms with Crippen molar-refractivity contribution in [2.75, 3.05) is 0 Å². The average Bonchev–Trinajstić information content (AvgIpc) is 2.76. The second kappa shape index (κ2) is 7.35. The van der Waals surface area contributed by atoms with Crippen LogP contribution in [0.2, 0.25) is 0 Å². The molecule has 4 saturated carbocycles. The summed E-state index contributed by atoms with van der Waals surface area (Å²) in [5.41, 5.74) is -3.35. The molecular formula is C30H48O5. The molecule has 0 spiro atoms. The molecule has 0 aromatic carbocycles. The molecule has 1 unspecified atom stereocenters. The number of fused-ring (bicyclic) bond motifs is 7. The van der Waals surface area contributed by atoms with Gasteiger partial charge in [-0.05, 0) is 84.9 Å². The Kier molecular flexibility index (Phi) is 5.40. The second-order valence-corrected chi connectivity index (χ2v) is 14.9. The zero-order valence-corrected chi connectivity index (χ0v) is 22.8. The zero-order chi connectivity index (χ0) is 26.0. The number of hydrogen-bond donors (Lipinski definition) is 4. The summed E-state index contributed by atoms with van der Waals surface area (Å²) >= 11 is 0. The van der Waals surface area contributed by atoms with Gasteiger partial charge in [-0.25, -0.2) is 0 Å². The molecule has 5 heteroatoms. The third-order valence-electron chi connectivity index (χ3n) is 13.5. The van der Waals surface area contributed by atoms with Crippen molar-refractivity contribution < 1.29 is 25.2 Å². The van der Waals surface area contributed by atoms with Gasteiger partial charge in [-0.3, -0.25) is 4.79 Å². The van der Waals surface area contributed by atoms with Gasteiger partial charge in [0.2, 0.25) is 0 Å². The van der Waals surface area contributed by atoms with Crippen LogP contribution >= 0.6 is 0 Å². The summed E-state index contributed by atoms with van der Waals surface area (Å²) in [6.45, 7) is 15.5. The van der Waals surface area contributed by atoms with E-state index in [4.69, 9.17) is 0 Å². The minimum absolute atomic E-state index is 0.117. The molecule has 5 aliphatic carbocycles. The van der Waals surface area contributed by atoms with Crippen LogP contribution in [0.25, 0.3) is 0 Å². The Balaban J connectivity index is 1.67. The van der Waals surface area contributed by atoms with Gasteiger partial charge in [0.25, 0.3) is 0 Å². The Labute approximate surface area is 211 Å². The van der Waals surface area contributed by atoms with E-state index in [0.717, 1.165) is 19.3 Å². The molecule has 0 heterocycles. The maximum atomic E-state index is 12.8. The molecule has 5 nitrogen and oxygen atoms in total. The van der Waals surface area contributed by atoms with E-state index in [0.29, 0.717) is 31.6 Å². The number of aliphatic hydroxyl groups is 3. The normalized spacial score (nSPS) is 59.0. The Morgan fingerprint density at radius 1 is 0.943 bits per heavy atom. The quantitative estimate of drug-likeness (QED) is 0.388. The summed E-state index contributed by atoms with van der Waals surface area (Å²) in [7, 11) is 0. The highest BCUT2D eigenvalue weighted by Crippen LogP contribution is 2.76. The summed E-state index contributed by atoms with van der Waals surface area (Å²) in [4.78, 5) is 12.8. The first-order valence-corrected chi connectivity index (χ1v) is 14.0. The average molecular weight is 489 g/mol. The van der Waals surface area contributed by atoms with Crippen LogP contribution in [-0.2, 0) is 4.79 Å². The monoisotopic (exact) mass is 488 g/mol. The van der Waals surface area contributed by atoms with E-state index in [-0.39, 0.29) is 34.5 Å². The number of aliphatic carboxylic acids is 1. The van der Waals surface area contributed by atoms with Crippen molar-refractivity contribution in [1.29, 1.82) is 0 Å². The summed E-state index contributed by atoms with van der Waals surface area (Å²) in [6, 6.07) is 0. The van der Waals surface area contributed by atoms with Gasteiger partial charge in [0.15, 0.2) is 0 Å². The van der Waals surface area contributed by atoms with Crippen molar-refractivity contribution in [3.05, 3.63) is 12.2 Å². The highest BCUT2D eigenvalue weighted by Gasteiger charge is 2.75. The number of hydrogen-bond acceptors (Lipinski definition) is 4. The second-order valence-electron chi connectivity index (χ2n) is 14.9. The summed E-state index contributed by atoms with van der Waals surface area (Å²) < 4.78 is 0. The molecule has 5 aliphatic rings. The van der Waals surface area contributed by atoms with Crippen LogP contribution in [0.15, 0.2) is 12.2 Å². The minimum atomic E-state index is -1.19. The third-order valence-corrected chi connectivity index (χ3v) is 13.5. The van der Waals surface area contributed by atoms with Crippen molar-refractivity contribution in [3.63, 3.8) is 0 Å². The smallest absolute Gasteiger partial charge is 0.310 e. The number of carboxylic acids is 1. The van der Waals surface area contributed by atoms with Crippen LogP contribution in [0.5, 0.6) is 0 Å². The SMILES string of the molecule is C[C@@H]1CC[C@]2(C(=O)O)CC[C@]3(C)[C@](O)(C=C[C@@H]4[C@@]5(C)C[C@@H](O)[C@H](O)C(C)(C)[C@@H]5CC[C@]43C)C2[C@H]1C. The fraction of sp³-hybridized carbons (Fsp3) is 0.900. The maximum Gasteiger partial charge on any atom is 0.310 e. The zero-order valence-electron chi connectivity index (χ0n) is 22.8. The lowest BCUT2D eigenvalue weighted by atomic mass is 9.31. The van der Waals surface area contributed by atoms with Crippen LogP contribution in [0, 0.1) is 56.7 Å². The molecule has 0 amide bonds. The molecule has 0 aromatic heterocycles. The van der Waals surface area contributed by atoms with Gasteiger partial charge in [-0.15, -0.1) is 0 Å². The van der Waals surface area contributed by atoms with Crippen LogP contribution in [0.4, 0.5) is 0 Å². The van der Waals surface area contributed by atoms with E-state index < -0.39 is 40.0 Å². The molecule has 4 N–H and O–H groups in total. The van der Waals surface area contributed by atoms with Gasteiger partial charge in [0, 0.05) is 11.3 Å². The largest absolute Gasteiger partial charge is 0.481 e. The highest BCUT2D eigenvalue weighted by atomic mass is 16.4. The van der Waals surface area contributed by atoms with Gasteiger partial charge < -0.3 is 20.4 Å². The lowest BCUT2D eigenvalue weighted by molar-refractivity contribution is -0.283. The molecule has 0 aromatic rings. The van der Waals surface area contributed by atoms with E-state index in [1.807, 2.05) is 6.08 Å². The summed E-state index contributed by atoms with van der Waals surface area (Å²) in [6.07, 6.45) is 8.03. The lowest BCUT2D eigenvalue weighted by Crippen LogP contribution is -2.74. The number of aliphatic hydroxyl groups excluding tert-OH is 2. The molecule has 4 fully saturated rings. The first-order valence-electron chi connectivity index (χ1n) is 14.0. The predicted molar refractivity (Wildman–Crippen MR) is 135 cm³/mol. The molecule has 0 aliphatic heterocycles. The maximum absolute atomic E-state index is 12.8. The van der Waals surface area contributed by atoms with Crippen molar-refractivity contribution in [3.8, 4) is 0 Å². The predicted octanol–water partition coefficient (Wildman–Crippen LogP) is 5.03. The van der Waals surface area contributed by atoms with Gasteiger partial charge in [0.1, 0.15) is 0 Å².